The highest BCUT2D eigenvalue weighted by Crippen LogP contribution is 2.34. The molecule has 0 radical (unpaired) electrons. The molecule has 0 fully saturated rings. The number of rotatable bonds is 4. The summed E-state index contributed by atoms with van der Waals surface area (Å²) in [6.07, 6.45) is 0.587. The molecule has 0 heterocycles. The van der Waals surface area contributed by atoms with E-state index in [-0.39, 0.29) is 11.7 Å². The number of aromatic hydroxyl groups is 1. The number of hydrogen-bond donors (Lipinski definition) is 1. The van der Waals surface area contributed by atoms with E-state index in [0.29, 0.717) is 18.6 Å². The Morgan fingerprint density at radius 1 is 1.38 bits per heavy atom. The number of phenols is 1. The lowest BCUT2D eigenvalue weighted by Gasteiger charge is -2.26. The van der Waals surface area contributed by atoms with Gasteiger partial charge < -0.3 is 9.84 Å². The normalized spacial score (nSPS) is 14.2. The Morgan fingerprint density at radius 3 is 2.50 bits per heavy atom. The van der Waals surface area contributed by atoms with Crippen LogP contribution in [-0.2, 0) is 14.9 Å². The van der Waals surface area contributed by atoms with Gasteiger partial charge in [-0.3, -0.25) is 4.79 Å². The average molecular weight is 222 g/mol. The molecule has 0 aliphatic rings. The van der Waals surface area contributed by atoms with E-state index in [1.165, 1.54) is 0 Å². The van der Waals surface area contributed by atoms with Crippen LogP contribution in [0.3, 0.4) is 0 Å². The molecule has 0 spiro atoms. The van der Waals surface area contributed by atoms with E-state index in [4.69, 9.17) is 4.74 Å². The van der Waals surface area contributed by atoms with E-state index in [0.717, 1.165) is 0 Å². The van der Waals surface area contributed by atoms with Crippen LogP contribution in [0.25, 0.3) is 0 Å². The molecule has 0 saturated carbocycles. The number of carbonyl (C=O) groups is 1. The van der Waals surface area contributed by atoms with Crippen molar-refractivity contribution in [2.45, 2.75) is 32.6 Å². The molecule has 0 bridgehead atoms. The maximum absolute atomic E-state index is 11.9. The van der Waals surface area contributed by atoms with Crippen LogP contribution in [0.4, 0.5) is 0 Å². The van der Waals surface area contributed by atoms with Crippen molar-refractivity contribution < 1.29 is 14.6 Å². The number of carbonyl (C=O) groups excluding carboxylic acids is 1. The predicted octanol–water partition coefficient (Wildman–Crippen LogP) is 2.62. The van der Waals surface area contributed by atoms with Crippen LogP contribution >= 0.6 is 0 Å². The Bertz CT molecular complexity index is 373. The average Bonchev–Trinajstić information content (AvgIpc) is 2.29. The summed E-state index contributed by atoms with van der Waals surface area (Å²) in [5.41, 5.74) is -0.155. The third-order valence-corrected chi connectivity index (χ3v) is 2.93. The van der Waals surface area contributed by atoms with E-state index in [1.807, 2.05) is 13.0 Å². The molecule has 3 nitrogen and oxygen atoms in total. The van der Waals surface area contributed by atoms with Gasteiger partial charge in [-0.1, -0.05) is 25.1 Å². The summed E-state index contributed by atoms with van der Waals surface area (Å²) in [6.45, 7) is 5.82. The van der Waals surface area contributed by atoms with E-state index in [9.17, 15) is 9.90 Å². The first-order valence-corrected chi connectivity index (χ1v) is 5.52. The fraction of sp³-hybridized carbons (Fsp3) is 0.462. The maximum Gasteiger partial charge on any atom is 0.316 e. The largest absolute Gasteiger partial charge is 0.508 e. The molecule has 1 N–H and O–H groups in total. The van der Waals surface area contributed by atoms with Crippen molar-refractivity contribution in [3.8, 4) is 5.75 Å². The molecule has 0 aliphatic heterocycles. The summed E-state index contributed by atoms with van der Waals surface area (Å²) in [5, 5.41) is 9.79. The van der Waals surface area contributed by atoms with Crippen molar-refractivity contribution in [2.24, 2.45) is 0 Å². The van der Waals surface area contributed by atoms with Gasteiger partial charge in [0.2, 0.25) is 0 Å². The first-order valence-electron chi connectivity index (χ1n) is 5.52. The Balaban J connectivity index is 3.14. The van der Waals surface area contributed by atoms with Gasteiger partial charge in [-0.2, -0.15) is 0 Å². The van der Waals surface area contributed by atoms with E-state index in [2.05, 4.69) is 0 Å². The van der Waals surface area contributed by atoms with E-state index < -0.39 is 5.41 Å². The summed E-state index contributed by atoms with van der Waals surface area (Å²) in [6, 6.07) is 6.89. The molecule has 0 aromatic heterocycles. The van der Waals surface area contributed by atoms with Gasteiger partial charge in [-0.15, -0.1) is 0 Å². The second kappa shape index (κ2) is 5.01. The van der Waals surface area contributed by atoms with Gasteiger partial charge in [-0.05, 0) is 26.3 Å². The van der Waals surface area contributed by atoms with Gasteiger partial charge in [0.25, 0.3) is 0 Å². The minimum Gasteiger partial charge on any atom is -0.508 e. The lowest BCUT2D eigenvalue weighted by molar-refractivity contribution is -0.149. The Hall–Kier alpha value is -1.51. The molecule has 88 valence electrons. The highest BCUT2D eigenvalue weighted by Gasteiger charge is 2.36. The lowest BCUT2D eigenvalue weighted by Crippen LogP contribution is -2.33. The fourth-order valence-electron chi connectivity index (χ4n) is 1.68. The number of hydrogen-bond acceptors (Lipinski definition) is 3. The highest BCUT2D eigenvalue weighted by atomic mass is 16.5. The summed E-state index contributed by atoms with van der Waals surface area (Å²) in [4.78, 5) is 11.9. The maximum atomic E-state index is 11.9. The zero-order valence-corrected chi connectivity index (χ0v) is 9.99. The standard InChI is InChI=1S/C13H18O3/c1-4-13(3,12(15)16-5-2)10-8-6-7-9-11(10)14/h6-9,14H,4-5H2,1-3H3. The molecule has 16 heavy (non-hydrogen) atoms. The van der Waals surface area contributed by atoms with Crippen LogP contribution in [-0.4, -0.2) is 17.7 Å². The van der Waals surface area contributed by atoms with E-state index in [1.54, 1.807) is 32.0 Å². The highest BCUT2D eigenvalue weighted by molar-refractivity contribution is 5.83. The second-order valence-corrected chi connectivity index (χ2v) is 3.92. The zero-order valence-electron chi connectivity index (χ0n) is 9.99. The Labute approximate surface area is 96.1 Å². The number of esters is 1. The number of ether oxygens (including phenoxy) is 1. The van der Waals surface area contributed by atoms with Gasteiger partial charge in [0.1, 0.15) is 5.75 Å². The lowest BCUT2D eigenvalue weighted by atomic mass is 9.79. The predicted molar refractivity (Wildman–Crippen MR) is 62.4 cm³/mol. The molecule has 0 aliphatic carbocycles. The molecule has 1 atom stereocenters. The molecule has 1 rings (SSSR count). The summed E-state index contributed by atoms with van der Waals surface area (Å²) < 4.78 is 5.06. The van der Waals surface area contributed by atoms with Crippen LogP contribution in [0.5, 0.6) is 5.75 Å². The SMILES string of the molecule is CCOC(=O)C(C)(CC)c1ccccc1O. The Morgan fingerprint density at radius 2 is 2.00 bits per heavy atom. The smallest absolute Gasteiger partial charge is 0.316 e. The topological polar surface area (TPSA) is 46.5 Å². The first-order chi connectivity index (χ1) is 7.56. The van der Waals surface area contributed by atoms with Crippen LogP contribution < -0.4 is 0 Å². The molecule has 1 aromatic carbocycles. The van der Waals surface area contributed by atoms with Crippen LogP contribution in [0.15, 0.2) is 24.3 Å². The van der Waals surface area contributed by atoms with Crippen LogP contribution in [0.2, 0.25) is 0 Å². The van der Waals surface area contributed by atoms with Crippen molar-refractivity contribution >= 4 is 5.97 Å². The van der Waals surface area contributed by atoms with Gasteiger partial charge >= 0.3 is 5.97 Å². The molecule has 1 aromatic rings. The minimum atomic E-state index is -0.776. The van der Waals surface area contributed by atoms with Crippen molar-refractivity contribution in [2.75, 3.05) is 6.61 Å². The summed E-state index contributed by atoms with van der Waals surface area (Å²) in [7, 11) is 0. The van der Waals surface area contributed by atoms with Gasteiger partial charge in [-0.25, -0.2) is 0 Å². The minimum absolute atomic E-state index is 0.139. The molecular formula is C13H18O3. The van der Waals surface area contributed by atoms with Crippen LogP contribution in [0.1, 0.15) is 32.8 Å². The van der Waals surface area contributed by atoms with E-state index >= 15 is 0 Å². The monoisotopic (exact) mass is 222 g/mol. The summed E-state index contributed by atoms with van der Waals surface area (Å²) >= 11 is 0. The van der Waals surface area contributed by atoms with Crippen molar-refractivity contribution in [3.63, 3.8) is 0 Å². The molecule has 1 unspecified atom stereocenters. The molecule has 3 heteroatoms. The van der Waals surface area contributed by atoms with Crippen molar-refractivity contribution in [3.05, 3.63) is 29.8 Å². The van der Waals surface area contributed by atoms with Gasteiger partial charge in [0.15, 0.2) is 0 Å². The molecule has 0 saturated heterocycles. The first kappa shape index (κ1) is 12.6. The summed E-state index contributed by atoms with van der Waals surface area (Å²) in [5.74, 6) is -0.154. The third-order valence-electron chi connectivity index (χ3n) is 2.93. The fourth-order valence-corrected chi connectivity index (χ4v) is 1.68. The van der Waals surface area contributed by atoms with Crippen molar-refractivity contribution in [1.82, 2.24) is 0 Å². The van der Waals surface area contributed by atoms with Gasteiger partial charge in [0.05, 0.1) is 12.0 Å². The van der Waals surface area contributed by atoms with Crippen LogP contribution in [0, 0.1) is 0 Å². The number of phenolic OH excluding ortho intramolecular Hbond substituents is 1. The van der Waals surface area contributed by atoms with Crippen molar-refractivity contribution in [1.29, 1.82) is 0 Å². The Kier molecular flexibility index (Phi) is 3.93. The zero-order chi connectivity index (χ0) is 12.2. The number of benzene rings is 1. The quantitative estimate of drug-likeness (QED) is 0.796. The molecule has 0 amide bonds. The molecular weight excluding hydrogens is 204 g/mol. The third kappa shape index (κ3) is 2.18. The van der Waals surface area contributed by atoms with Gasteiger partial charge in [0, 0.05) is 5.56 Å². The number of para-hydroxylation sites is 1. The second-order valence-electron chi connectivity index (χ2n) is 3.92.